The van der Waals surface area contributed by atoms with Gasteiger partial charge in [0, 0.05) is 13.1 Å². The molecule has 0 radical (unpaired) electrons. The summed E-state index contributed by atoms with van der Waals surface area (Å²) in [4.78, 5) is 18.9. The first kappa shape index (κ1) is 20.2. The van der Waals surface area contributed by atoms with Gasteiger partial charge in [0.15, 0.2) is 18.1 Å². The molecule has 3 aromatic rings. The summed E-state index contributed by atoms with van der Waals surface area (Å²) < 4.78 is 10.8. The standard InChI is InChI=1S/C23H25N3O3/c1-3-26(16-18-9-5-4-6-10-18)22-14-13-19(15-24-22)25-23(27)17-29-21-12-8-7-11-20(21)28-2/h4-15H,3,16-17H2,1-2H3,(H,25,27). The third-order valence-corrected chi connectivity index (χ3v) is 4.38. The maximum atomic E-state index is 12.2. The third-order valence-electron chi connectivity index (χ3n) is 4.38. The molecule has 0 unspecified atom stereocenters. The van der Waals surface area contributed by atoms with Crippen LogP contribution in [0.2, 0.25) is 0 Å². The van der Waals surface area contributed by atoms with Gasteiger partial charge in [-0.05, 0) is 36.8 Å². The van der Waals surface area contributed by atoms with E-state index < -0.39 is 0 Å². The number of ether oxygens (including phenoxy) is 2. The maximum Gasteiger partial charge on any atom is 0.262 e. The molecule has 2 aromatic carbocycles. The second-order valence-electron chi connectivity index (χ2n) is 6.39. The first-order valence-corrected chi connectivity index (χ1v) is 9.50. The van der Waals surface area contributed by atoms with Gasteiger partial charge in [0.05, 0.1) is 19.0 Å². The van der Waals surface area contributed by atoms with Gasteiger partial charge in [-0.2, -0.15) is 0 Å². The lowest BCUT2D eigenvalue weighted by Gasteiger charge is -2.22. The molecule has 0 bridgehead atoms. The van der Waals surface area contributed by atoms with Crippen LogP contribution < -0.4 is 19.7 Å². The van der Waals surface area contributed by atoms with Gasteiger partial charge in [0.25, 0.3) is 5.91 Å². The van der Waals surface area contributed by atoms with Gasteiger partial charge in [-0.15, -0.1) is 0 Å². The molecule has 0 aliphatic carbocycles. The van der Waals surface area contributed by atoms with E-state index >= 15 is 0 Å². The van der Waals surface area contributed by atoms with Gasteiger partial charge >= 0.3 is 0 Å². The van der Waals surface area contributed by atoms with Crippen molar-refractivity contribution in [3.8, 4) is 11.5 Å². The zero-order valence-corrected chi connectivity index (χ0v) is 16.7. The number of carbonyl (C=O) groups is 1. The lowest BCUT2D eigenvalue weighted by Crippen LogP contribution is -2.23. The Morgan fingerprint density at radius 1 is 1.00 bits per heavy atom. The smallest absolute Gasteiger partial charge is 0.262 e. The summed E-state index contributed by atoms with van der Waals surface area (Å²) in [6, 6.07) is 21.2. The zero-order chi connectivity index (χ0) is 20.5. The second-order valence-corrected chi connectivity index (χ2v) is 6.39. The van der Waals surface area contributed by atoms with Gasteiger partial charge in [0.2, 0.25) is 0 Å². The SMILES string of the molecule is CCN(Cc1ccccc1)c1ccc(NC(=O)COc2ccccc2OC)cn1. The van der Waals surface area contributed by atoms with Crippen molar-refractivity contribution in [2.45, 2.75) is 13.5 Å². The Labute approximate surface area is 171 Å². The summed E-state index contributed by atoms with van der Waals surface area (Å²) in [5, 5.41) is 2.80. The molecule has 3 rings (SSSR count). The predicted octanol–water partition coefficient (Wildman–Crippen LogP) is 4.13. The third kappa shape index (κ3) is 5.72. The molecule has 1 N–H and O–H groups in total. The summed E-state index contributed by atoms with van der Waals surface area (Å²) in [7, 11) is 1.56. The number of nitrogens with zero attached hydrogens (tertiary/aromatic N) is 2. The molecule has 0 aliphatic rings. The summed E-state index contributed by atoms with van der Waals surface area (Å²) >= 11 is 0. The van der Waals surface area contributed by atoms with Crippen LogP contribution in [0.4, 0.5) is 11.5 Å². The highest BCUT2D eigenvalue weighted by Crippen LogP contribution is 2.25. The average molecular weight is 391 g/mol. The van der Waals surface area contributed by atoms with E-state index in [0.717, 1.165) is 18.9 Å². The van der Waals surface area contributed by atoms with E-state index in [2.05, 4.69) is 34.3 Å². The quantitative estimate of drug-likeness (QED) is 0.594. The molecule has 6 nitrogen and oxygen atoms in total. The number of methoxy groups -OCH3 is 1. The molecule has 0 fully saturated rings. The Balaban J connectivity index is 1.56. The molecule has 0 aliphatic heterocycles. The number of carbonyl (C=O) groups excluding carboxylic acids is 1. The Morgan fingerprint density at radius 2 is 1.72 bits per heavy atom. The minimum Gasteiger partial charge on any atom is -0.493 e. The van der Waals surface area contributed by atoms with E-state index in [1.54, 1.807) is 25.4 Å². The Morgan fingerprint density at radius 3 is 2.38 bits per heavy atom. The Bertz CT molecular complexity index is 914. The largest absolute Gasteiger partial charge is 0.493 e. The van der Waals surface area contributed by atoms with Crippen LogP contribution in [0.3, 0.4) is 0 Å². The van der Waals surface area contributed by atoms with Crippen LogP contribution in [-0.4, -0.2) is 31.2 Å². The molecular weight excluding hydrogens is 366 g/mol. The van der Waals surface area contributed by atoms with Gasteiger partial charge in [-0.1, -0.05) is 42.5 Å². The normalized spacial score (nSPS) is 10.3. The molecule has 1 aromatic heterocycles. The van der Waals surface area contributed by atoms with Crippen LogP contribution in [-0.2, 0) is 11.3 Å². The number of aromatic nitrogens is 1. The lowest BCUT2D eigenvalue weighted by molar-refractivity contribution is -0.118. The van der Waals surface area contributed by atoms with Crippen molar-refractivity contribution >= 4 is 17.4 Å². The number of benzene rings is 2. The highest BCUT2D eigenvalue weighted by Gasteiger charge is 2.10. The van der Waals surface area contributed by atoms with Crippen molar-refractivity contribution in [2.75, 3.05) is 30.5 Å². The van der Waals surface area contributed by atoms with Crippen molar-refractivity contribution in [1.82, 2.24) is 4.98 Å². The van der Waals surface area contributed by atoms with Gasteiger partial charge in [-0.3, -0.25) is 4.79 Å². The minimum atomic E-state index is -0.262. The van der Waals surface area contributed by atoms with Crippen molar-refractivity contribution in [1.29, 1.82) is 0 Å². The van der Waals surface area contributed by atoms with Crippen molar-refractivity contribution < 1.29 is 14.3 Å². The zero-order valence-electron chi connectivity index (χ0n) is 16.7. The molecule has 6 heteroatoms. The molecule has 0 saturated carbocycles. The van der Waals surface area contributed by atoms with E-state index in [4.69, 9.17) is 9.47 Å². The Kier molecular flexibility index (Phi) is 7.05. The van der Waals surface area contributed by atoms with Crippen molar-refractivity contribution in [3.63, 3.8) is 0 Å². The first-order valence-electron chi connectivity index (χ1n) is 9.50. The molecule has 150 valence electrons. The Hall–Kier alpha value is -3.54. The summed E-state index contributed by atoms with van der Waals surface area (Å²) in [6.07, 6.45) is 1.66. The number of rotatable bonds is 9. The molecular formula is C23H25N3O3. The summed E-state index contributed by atoms with van der Waals surface area (Å²) in [5.74, 6) is 1.71. The van der Waals surface area contributed by atoms with Gasteiger partial charge < -0.3 is 19.7 Å². The molecule has 0 atom stereocenters. The van der Waals surface area contributed by atoms with Gasteiger partial charge in [0.1, 0.15) is 5.82 Å². The molecule has 0 saturated heterocycles. The van der Waals surface area contributed by atoms with Crippen LogP contribution >= 0.6 is 0 Å². The number of nitrogens with one attached hydrogen (secondary N) is 1. The fourth-order valence-corrected chi connectivity index (χ4v) is 2.88. The summed E-state index contributed by atoms with van der Waals surface area (Å²) in [6.45, 7) is 3.59. The van der Waals surface area contributed by atoms with E-state index in [0.29, 0.717) is 17.2 Å². The van der Waals surface area contributed by atoms with Gasteiger partial charge in [-0.25, -0.2) is 4.98 Å². The minimum absolute atomic E-state index is 0.114. The monoisotopic (exact) mass is 391 g/mol. The molecule has 29 heavy (non-hydrogen) atoms. The fourth-order valence-electron chi connectivity index (χ4n) is 2.88. The molecule has 1 heterocycles. The number of hydrogen-bond acceptors (Lipinski definition) is 5. The van der Waals surface area contributed by atoms with Crippen LogP contribution in [0.25, 0.3) is 0 Å². The lowest BCUT2D eigenvalue weighted by atomic mass is 10.2. The molecule has 0 spiro atoms. The van der Waals surface area contributed by atoms with Crippen molar-refractivity contribution in [3.05, 3.63) is 78.5 Å². The van der Waals surface area contributed by atoms with E-state index in [-0.39, 0.29) is 12.5 Å². The van der Waals surface area contributed by atoms with Crippen LogP contribution in [0.5, 0.6) is 11.5 Å². The van der Waals surface area contributed by atoms with E-state index in [9.17, 15) is 4.79 Å². The van der Waals surface area contributed by atoms with E-state index in [1.165, 1.54) is 5.56 Å². The van der Waals surface area contributed by atoms with Crippen LogP contribution in [0, 0.1) is 0 Å². The van der Waals surface area contributed by atoms with Crippen molar-refractivity contribution in [2.24, 2.45) is 0 Å². The topological polar surface area (TPSA) is 63.7 Å². The van der Waals surface area contributed by atoms with Crippen LogP contribution in [0.1, 0.15) is 12.5 Å². The number of amides is 1. The maximum absolute atomic E-state index is 12.2. The highest BCUT2D eigenvalue weighted by atomic mass is 16.5. The highest BCUT2D eigenvalue weighted by molar-refractivity contribution is 5.91. The van der Waals surface area contributed by atoms with Crippen LogP contribution in [0.15, 0.2) is 72.9 Å². The number of hydrogen-bond donors (Lipinski definition) is 1. The summed E-state index contributed by atoms with van der Waals surface area (Å²) in [5.41, 5.74) is 1.85. The number of para-hydroxylation sites is 2. The average Bonchev–Trinajstić information content (AvgIpc) is 2.77. The molecule has 1 amide bonds. The number of pyridine rings is 1. The van der Waals surface area contributed by atoms with E-state index in [1.807, 2.05) is 42.5 Å². The second kappa shape index (κ2) is 10.1. The predicted molar refractivity (Wildman–Crippen MR) is 115 cm³/mol. The number of anilines is 2. The fraction of sp³-hybridized carbons (Fsp3) is 0.217. The first-order chi connectivity index (χ1) is 14.2.